The van der Waals surface area contributed by atoms with E-state index in [9.17, 15) is 4.79 Å². The van der Waals surface area contributed by atoms with Gasteiger partial charge in [0.1, 0.15) is 5.69 Å². The summed E-state index contributed by atoms with van der Waals surface area (Å²) in [5.41, 5.74) is 5.54. The quantitative estimate of drug-likeness (QED) is 0.407. The van der Waals surface area contributed by atoms with E-state index >= 15 is 0 Å². The largest absolute Gasteiger partial charge is 0.344 e. The number of fused-ring (bicyclic) bond motifs is 1. The number of rotatable bonds is 5. The van der Waals surface area contributed by atoms with E-state index in [1.807, 2.05) is 104 Å². The van der Waals surface area contributed by atoms with Gasteiger partial charge in [0, 0.05) is 17.2 Å². The Morgan fingerprint density at radius 1 is 0.781 bits per heavy atom. The summed E-state index contributed by atoms with van der Waals surface area (Å²) in [5, 5.41) is 7.82. The summed E-state index contributed by atoms with van der Waals surface area (Å²) in [6.45, 7) is 1.97. The molecule has 0 radical (unpaired) electrons. The summed E-state index contributed by atoms with van der Waals surface area (Å²) >= 11 is 0. The second kappa shape index (κ2) is 8.47. The molecule has 0 saturated heterocycles. The van der Waals surface area contributed by atoms with Crippen LogP contribution in [0.2, 0.25) is 0 Å². The van der Waals surface area contributed by atoms with Gasteiger partial charge in [0.2, 0.25) is 0 Å². The molecule has 0 fully saturated rings. The third-order valence-corrected chi connectivity index (χ3v) is 5.45. The molecule has 5 rings (SSSR count). The molecule has 2 aromatic heterocycles. The van der Waals surface area contributed by atoms with E-state index in [1.165, 1.54) is 0 Å². The minimum Gasteiger partial charge on any atom is -0.344 e. The molecule has 0 unspecified atom stereocenters. The van der Waals surface area contributed by atoms with Crippen molar-refractivity contribution >= 4 is 11.6 Å². The van der Waals surface area contributed by atoms with E-state index in [2.05, 4.69) is 5.32 Å². The molecule has 5 aromatic rings. The number of benzene rings is 3. The van der Waals surface area contributed by atoms with Crippen LogP contribution < -0.4 is 5.32 Å². The van der Waals surface area contributed by atoms with Crippen molar-refractivity contribution in [3.63, 3.8) is 0 Å². The van der Waals surface area contributed by atoms with Crippen molar-refractivity contribution in [2.75, 3.05) is 0 Å². The molecule has 0 saturated carbocycles. The highest BCUT2D eigenvalue weighted by atomic mass is 16.2. The van der Waals surface area contributed by atoms with E-state index in [0.717, 1.165) is 28.1 Å². The molecule has 0 aliphatic carbocycles. The number of amides is 1. The minimum atomic E-state index is -0.200. The third kappa shape index (κ3) is 3.88. The lowest BCUT2D eigenvalue weighted by atomic mass is 10.1. The molecule has 156 valence electrons. The van der Waals surface area contributed by atoms with Crippen LogP contribution in [0.4, 0.5) is 0 Å². The predicted molar refractivity (Wildman–Crippen MR) is 126 cm³/mol. The first-order chi connectivity index (χ1) is 15.7. The Morgan fingerprint density at radius 3 is 1.97 bits per heavy atom. The Hall–Kier alpha value is -4.25. The number of aromatic nitrogens is 3. The van der Waals surface area contributed by atoms with Gasteiger partial charge in [0.15, 0.2) is 5.65 Å². The molecule has 2 heterocycles. The first-order valence-electron chi connectivity index (χ1n) is 10.6. The number of carbonyl (C=O) groups excluding carboxylic acids is 1. The van der Waals surface area contributed by atoms with Gasteiger partial charge >= 0.3 is 0 Å². The lowest BCUT2D eigenvalue weighted by Gasteiger charge is -2.15. The summed E-state index contributed by atoms with van der Waals surface area (Å²) in [5.74, 6) is -0.200. The van der Waals surface area contributed by atoms with Crippen LogP contribution in [-0.4, -0.2) is 20.5 Å². The van der Waals surface area contributed by atoms with E-state index in [-0.39, 0.29) is 11.9 Å². The van der Waals surface area contributed by atoms with Gasteiger partial charge in [-0.15, -0.1) is 0 Å². The molecule has 0 spiro atoms. The van der Waals surface area contributed by atoms with Crippen molar-refractivity contribution in [3.05, 3.63) is 114 Å². The molecule has 5 nitrogen and oxygen atoms in total. The van der Waals surface area contributed by atoms with Crippen LogP contribution in [0.5, 0.6) is 0 Å². The van der Waals surface area contributed by atoms with Gasteiger partial charge in [-0.05, 0) is 18.6 Å². The smallest absolute Gasteiger partial charge is 0.270 e. The van der Waals surface area contributed by atoms with Crippen LogP contribution in [0.1, 0.15) is 29.0 Å². The third-order valence-electron chi connectivity index (χ3n) is 5.45. The van der Waals surface area contributed by atoms with E-state index < -0.39 is 0 Å². The monoisotopic (exact) mass is 418 g/mol. The predicted octanol–water partition coefficient (Wildman–Crippen LogP) is 5.55. The zero-order valence-electron chi connectivity index (χ0n) is 17.6. The molecule has 1 N–H and O–H groups in total. The van der Waals surface area contributed by atoms with E-state index in [1.54, 1.807) is 10.6 Å². The Morgan fingerprint density at radius 2 is 1.34 bits per heavy atom. The summed E-state index contributed by atoms with van der Waals surface area (Å²) in [6, 6.07) is 33.2. The molecular formula is C27H22N4O. The second-order valence-electron chi connectivity index (χ2n) is 7.66. The topological polar surface area (TPSA) is 59.3 Å². The van der Waals surface area contributed by atoms with Crippen molar-refractivity contribution in [1.29, 1.82) is 0 Å². The first kappa shape index (κ1) is 19.7. The van der Waals surface area contributed by atoms with Gasteiger partial charge in [0.25, 0.3) is 5.91 Å². The fourth-order valence-corrected chi connectivity index (χ4v) is 3.74. The van der Waals surface area contributed by atoms with Crippen molar-refractivity contribution in [2.24, 2.45) is 0 Å². The molecule has 32 heavy (non-hydrogen) atoms. The van der Waals surface area contributed by atoms with Gasteiger partial charge in [0.05, 0.1) is 17.4 Å². The van der Waals surface area contributed by atoms with Crippen LogP contribution in [-0.2, 0) is 0 Å². The Bertz CT molecular complexity index is 1360. The maximum absolute atomic E-state index is 13.4. The summed E-state index contributed by atoms with van der Waals surface area (Å²) in [6.07, 6.45) is 0. The van der Waals surface area contributed by atoms with Gasteiger partial charge < -0.3 is 5.32 Å². The zero-order chi connectivity index (χ0) is 21.9. The number of nitrogens with one attached hydrogen (secondary N) is 1. The molecule has 1 amide bonds. The summed E-state index contributed by atoms with van der Waals surface area (Å²) in [4.78, 5) is 18.2. The van der Waals surface area contributed by atoms with Gasteiger partial charge in [-0.1, -0.05) is 91.0 Å². The molecule has 3 aromatic carbocycles. The molecule has 5 heteroatoms. The van der Waals surface area contributed by atoms with Gasteiger partial charge in [-0.2, -0.15) is 5.10 Å². The first-order valence-corrected chi connectivity index (χ1v) is 10.6. The fraction of sp³-hybridized carbons (Fsp3) is 0.0741. The van der Waals surface area contributed by atoms with Gasteiger partial charge in [-0.25, -0.2) is 9.50 Å². The highest BCUT2D eigenvalue weighted by Gasteiger charge is 2.19. The lowest BCUT2D eigenvalue weighted by molar-refractivity contribution is 0.0932. The van der Waals surface area contributed by atoms with E-state index in [0.29, 0.717) is 11.3 Å². The second-order valence-corrected chi connectivity index (χ2v) is 7.66. The van der Waals surface area contributed by atoms with Crippen molar-refractivity contribution in [3.8, 4) is 22.5 Å². The number of hydrogen-bond acceptors (Lipinski definition) is 3. The van der Waals surface area contributed by atoms with E-state index in [4.69, 9.17) is 10.1 Å². The molecule has 0 aliphatic heterocycles. The zero-order valence-corrected chi connectivity index (χ0v) is 17.6. The molecule has 0 bridgehead atoms. The summed E-state index contributed by atoms with van der Waals surface area (Å²) in [7, 11) is 0. The van der Waals surface area contributed by atoms with Gasteiger partial charge in [-0.3, -0.25) is 4.79 Å². The van der Waals surface area contributed by atoms with Crippen LogP contribution in [0.15, 0.2) is 103 Å². The maximum atomic E-state index is 13.4. The SMILES string of the molecule is C[C@@H](NC(=O)c1cc(-c2ccccc2)nc2cc(-c3ccccc3)nn12)c1ccccc1. The number of carbonyl (C=O) groups is 1. The highest BCUT2D eigenvalue weighted by molar-refractivity contribution is 5.94. The lowest BCUT2D eigenvalue weighted by Crippen LogP contribution is -2.28. The average molecular weight is 419 g/mol. The maximum Gasteiger partial charge on any atom is 0.270 e. The van der Waals surface area contributed by atoms with Crippen LogP contribution in [0.3, 0.4) is 0 Å². The Labute approximate surface area is 186 Å². The minimum absolute atomic E-state index is 0.142. The Balaban J connectivity index is 1.60. The Kier molecular flexibility index (Phi) is 5.22. The van der Waals surface area contributed by atoms with Crippen LogP contribution in [0, 0.1) is 0 Å². The van der Waals surface area contributed by atoms with Crippen molar-refractivity contribution in [1.82, 2.24) is 19.9 Å². The standard InChI is InChI=1S/C27H22N4O/c1-19(20-11-5-2-6-12-20)28-27(32)25-17-23(21-13-7-3-8-14-21)29-26-18-24(30-31(25)26)22-15-9-4-10-16-22/h2-19H,1H3,(H,28,32)/t19-/m1/s1. The van der Waals surface area contributed by atoms with Crippen molar-refractivity contribution < 1.29 is 4.79 Å². The van der Waals surface area contributed by atoms with Crippen LogP contribution >= 0.6 is 0 Å². The van der Waals surface area contributed by atoms with Crippen LogP contribution in [0.25, 0.3) is 28.2 Å². The normalized spacial score (nSPS) is 11.9. The molecule has 1 atom stereocenters. The number of hydrogen-bond donors (Lipinski definition) is 1. The summed E-state index contributed by atoms with van der Waals surface area (Å²) < 4.78 is 1.63. The molecule has 0 aliphatic rings. The average Bonchev–Trinajstić information content (AvgIpc) is 3.29. The van der Waals surface area contributed by atoms with Crippen molar-refractivity contribution in [2.45, 2.75) is 13.0 Å². The fourth-order valence-electron chi connectivity index (χ4n) is 3.74. The number of nitrogens with zero attached hydrogens (tertiary/aromatic N) is 3. The molecular weight excluding hydrogens is 396 g/mol. The highest BCUT2D eigenvalue weighted by Crippen LogP contribution is 2.24.